The van der Waals surface area contributed by atoms with Crippen LogP contribution in [0, 0.1) is 0 Å². The number of anilines is 1. The molecule has 3 amide bonds. The van der Waals surface area contributed by atoms with Crippen molar-refractivity contribution in [1.82, 2.24) is 10.7 Å². The molecule has 0 bridgehead atoms. The fourth-order valence-electron chi connectivity index (χ4n) is 2.51. The third kappa shape index (κ3) is 6.71. The van der Waals surface area contributed by atoms with Gasteiger partial charge in [0.15, 0.2) is 18.1 Å². The van der Waals surface area contributed by atoms with E-state index >= 15 is 0 Å². The van der Waals surface area contributed by atoms with Gasteiger partial charge in [0.25, 0.3) is 5.91 Å². The lowest BCUT2D eigenvalue weighted by molar-refractivity contribution is -0.139. The molecule has 0 saturated heterocycles. The van der Waals surface area contributed by atoms with Gasteiger partial charge in [-0.15, -0.1) is 0 Å². The number of nitrogens with zero attached hydrogens (tertiary/aromatic N) is 1. The van der Waals surface area contributed by atoms with Crippen LogP contribution in [-0.2, 0) is 14.4 Å². The molecule has 1 aliphatic rings. The number of nitrogens with one attached hydrogen (secondary N) is 3. The third-order valence-electron chi connectivity index (χ3n) is 4.16. The van der Waals surface area contributed by atoms with Crippen molar-refractivity contribution in [2.75, 3.05) is 19.0 Å². The minimum absolute atomic E-state index is 0.0765. The van der Waals surface area contributed by atoms with E-state index < -0.39 is 11.8 Å². The van der Waals surface area contributed by atoms with Gasteiger partial charge in [-0.1, -0.05) is 29.8 Å². The molecule has 9 nitrogen and oxygen atoms in total. The monoisotopic (exact) mass is 444 g/mol. The number of ether oxygens (including phenoxy) is 2. The quantitative estimate of drug-likeness (QED) is 0.327. The van der Waals surface area contributed by atoms with E-state index in [0.717, 1.165) is 12.8 Å². The van der Waals surface area contributed by atoms with Crippen LogP contribution in [0.15, 0.2) is 47.6 Å². The zero-order valence-corrected chi connectivity index (χ0v) is 17.4. The lowest BCUT2D eigenvalue weighted by atomic mass is 10.2. The van der Waals surface area contributed by atoms with E-state index in [0.29, 0.717) is 11.3 Å². The van der Waals surface area contributed by atoms with E-state index in [1.54, 1.807) is 30.3 Å². The Morgan fingerprint density at radius 2 is 1.90 bits per heavy atom. The van der Waals surface area contributed by atoms with Gasteiger partial charge >= 0.3 is 11.8 Å². The maximum atomic E-state index is 12.1. The van der Waals surface area contributed by atoms with Gasteiger partial charge in [0, 0.05) is 11.7 Å². The van der Waals surface area contributed by atoms with Gasteiger partial charge in [-0.25, -0.2) is 5.43 Å². The molecule has 0 atom stereocenters. The fourth-order valence-corrected chi connectivity index (χ4v) is 2.78. The van der Waals surface area contributed by atoms with Crippen molar-refractivity contribution >= 4 is 41.2 Å². The van der Waals surface area contributed by atoms with Crippen LogP contribution in [-0.4, -0.2) is 43.7 Å². The lowest BCUT2D eigenvalue weighted by Gasteiger charge is -2.13. The summed E-state index contributed by atoms with van der Waals surface area (Å²) in [5.74, 6) is -1.47. The zero-order chi connectivity index (χ0) is 22.2. The second-order valence-corrected chi connectivity index (χ2v) is 7.09. The highest BCUT2D eigenvalue weighted by molar-refractivity contribution is 6.35. The molecule has 1 aliphatic carbocycles. The molecule has 0 aromatic heterocycles. The van der Waals surface area contributed by atoms with Crippen LogP contribution < -0.4 is 25.5 Å². The summed E-state index contributed by atoms with van der Waals surface area (Å²) in [5.41, 5.74) is 3.29. The molecule has 1 fully saturated rings. The van der Waals surface area contributed by atoms with Gasteiger partial charge in [-0.05, 0) is 42.7 Å². The number of amides is 3. The van der Waals surface area contributed by atoms with Crippen LogP contribution in [0.4, 0.5) is 5.69 Å². The third-order valence-corrected chi connectivity index (χ3v) is 4.44. The van der Waals surface area contributed by atoms with E-state index in [-0.39, 0.29) is 35.1 Å². The summed E-state index contributed by atoms with van der Waals surface area (Å²) in [5, 5.41) is 9.20. The standard InChI is InChI=1S/C21H21ClN4O5/c1-30-17-10-13(11-23-26-21(29)20(28)25-15-7-8-15)9-16(22)19(17)31-12-18(27)24-14-5-3-2-4-6-14/h2-6,9-11,15H,7-8,12H2,1H3,(H,24,27)(H,25,28)(H,26,29)/b23-11-. The van der Waals surface area contributed by atoms with Crippen LogP contribution in [0.2, 0.25) is 5.02 Å². The summed E-state index contributed by atoms with van der Waals surface area (Å²) in [4.78, 5) is 35.3. The van der Waals surface area contributed by atoms with Gasteiger partial charge in [0.1, 0.15) is 0 Å². The molecule has 0 spiro atoms. The molecule has 31 heavy (non-hydrogen) atoms. The topological polar surface area (TPSA) is 118 Å². The van der Waals surface area contributed by atoms with Crippen molar-refractivity contribution in [3.05, 3.63) is 53.1 Å². The zero-order valence-electron chi connectivity index (χ0n) is 16.7. The maximum absolute atomic E-state index is 12.1. The van der Waals surface area contributed by atoms with Crippen LogP contribution in [0.5, 0.6) is 11.5 Å². The van der Waals surface area contributed by atoms with Gasteiger partial charge in [0.05, 0.1) is 18.3 Å². The van der Waals surface area contributed by atoms with Crippen molar-refractivity contribution in [2.45, 2.75) is 18.9 Å². The Labute approximate surface area is 183 Å². The van der Waals surface area contributed by atoms with Crippen LogP contribution >= 0.6 is 11.6 Å². The van der Waals surface area contributed by atoms with E-state index in [1.165, 1.54) is 19.4 Å². The van der Waals surface area contributed by atoms with Gasteiger partial charge in [-0.3, -0.25) is 14.4 Å². The van der Waals surface area contributed by atoms with E-state index in [2.05, 4.69) is 21.2 Å². The second kappa shape index (κ2) is 10.4. The number of carbonyl (C=O) groups is 3. The smallest absolute Gasteiger partial charge is 0.329 e. The first-order chi connectivity index (χ1) is 15.0. The Kier molecular flexibility index (Phi) is 7.45. The van der Waals surface area contributed by atoms with E-state index in [1.807, 2.05) is 6.07 Å². The summed E-state index contributed by atoms with van der Waals surface area (Å²) in [6.45, 7) is -0.273. The summed E-state index contributed by atoms with van der Waals surface area (Å²) >= 11 is 6.26. The Morgan fingerprint density at radius 3 is 2.58 bits per heavy atom. The average molecular weight is 445 g/mol. The van der Waals surface area contributed by atoms with Gasteiger partial charge < -0.3 is 20.1 Å². The highest BCUT2D eigenvalue weighted by Gasteiger charge is 2.26. The van der Waals surface area contributed by atoms with E-state index in [4.69, 9.17) is 21.1 Å². The molecule has 0 unspecified atom stereocenters. The summed E-state index contributed by atoms with van der Waals surface area (Å²) in [6.07, 6.45) is 3.06. The van der Waals surface area contributed by atoms with Gasteiger partial charge in [-0.2, -0.15) is 5.10 Å². The highest BCUT2D eigenvalue weighted by atomic mass is 35.5. The first-order valence-corrected chi connectivity index (χ1v) is 9.83. The Balaban J connectivity index is 1.58. The molecule has 3 rings (SSSR count). The number of para-hydroxylation sites is 1. The van der Waals surface area contributed by atoms with Crippen LogP contribution in [0.1, 0.15) is 18.4 Å². The Morgan fingerprint density at radius 1 is 1.16 bits per heavy atom. The van der Waals surface area contributed by atoms with Crippen molar-refractivity contribution in [1.29, 1.82) is 0 Å². The number of hydrogen-bond donors (Lipinski definition) is 3. The number of benzene rings is 2. The van der Waals surface area contributed by atoms with Crippen molar-refractivity contribution in [2.24, 2.45) is 5.10 Å². The normalized spacial score (nSPS) is 12.8. The molecule has 162 valence electrons. The number of methoxy groups -OCH3 is 1. The van der Waals surface area contributed by atoms with Crippen molar-refractivity contribution in [3.63, 3.8) is 0 Å². The molecule has 3 N–H and O–H groups in total. The molecule has 0 heterocycles. The van der Waals surface area contributed by atoms with Crippen molar-refractivity contribution < 1.29 is 23.9 Å². The highest BCUT2D eigenvalue weighted by Crippen LogP contribution is 2.36. The largest absolute Gasteiger partial charge is 0.493 e. The number of carbonyl (C=O) groups excluding carboxylic acids is 3. The number of rotatable bonds is 8. The summed E-state index contributed by atoms with van der Waals surface area (Å²) in [6, 6.07) is 12.1. The number of hydrogen-bond acceptors (Lipinski definition) is 6. The average Bonchev–Trinajstić information content (AvgIpc) is 3.57. The minimum Gasteiger partial charge on any atom is -0.493 e. The molecule has 2 aromatic carbocycles. The molecule has 10 heteroatoms. The molecule has 2 aromatic rings. The Hall–Kier alpha value is -3.59. The SMILES string of the molecule is COc1cc(/C=N\NC(=O)C(=O)NC2CC2)cc(Cl)c1OCC(=O)Nc1ccccc1. The maximum Gasteiger partial charge on any atom is 0.329 e. The summed E-state index contributed by atoms with van der Waals surface area (Å²) in [7, 11) is 1.42. The van der Waals surface area contributed by atoms with Gasteiger partial charge in [0.2, 0.25) is 0 Å². The summed E-state index contributed by atoms with van der Waals surface area (Å²) < 4.78 is 10.8. The molecule has 1 saturated carbocycles. The molecular formula is C21H21ClN4O5. The first-order valence-electron chi connectivity index (χ1n) is 9.45. The van der Waals surface area contributed by atoms with Crippen LogP contribution in [0.3, 0.4) is 0 Å². The van der Waals surface area contributed by atoms with Crippen LogP contribution in [0.25, 0.3) is 0 Å². The van der Waals surface area contributed by atoms with E-state index in [9.17, 15) is 14.4 Å². The molecule has 0 aliphatic heterocycles. The second-order valence-electron chi connectivity index (χ2n) is 6.68. The predicted molar refractivity (Wildman–Crippen MR) is 115 cm³/mol. The number of halogens is 1. The first kappa shape index (κ1) is 22.1. The minimum atomic E-state index is -0.856. The predicted octanol–water partition coefficient (Wildman–Crippen LogP) is 2.09. The molecule has 0 radical (unpaired) electrons. The Bertz CT molecular complexity index is 993. The molecular weight excluding hydrogens is 424 g/mol. The lowest BCUT2D eigenvalue weighted by Crippen LogP contribution is -2.38. The fraction of sp³-hybridized carbons (Fsp3) is 0.238. The number of hydrazone groups is 1. The van der Waals surface area contributed by atoms with Crippen molar-refractivity contribution in [3.8, 4) is 11.5 Å².